The maximum atomic E-state index is 12.1. The molecule has 1 atom stereocenters. The number of ether oxygens (including phenoxy) is 3. The Hall–Kier alpha value is -2.70. The Bertz CT molecular complexity index is 1010. The van der Waals surface area contributed by atoms with Crippen LogP contribution < -0.4 is 4.74 Å². The van der Waals surface area contributed by atoms with Gasteiger partial charge in [-0.25, -0.2) is 4.79 Å². The van der Waals surface area contributed by atoms with Gasteiger partial charge in [-0.3, -0.25) is 0 Å². The number of aromatic nitrogens is 1. The van der Waals surface area contributed by atoms with Crippen molar-refractivity contribution in [3.8, 4) is 17.0 Å². The number of carbonyl (C=O) groups excluding carboxylic acids is 1. The zero-order valence-corrected chi connectivity index (χ0v) is 20.7. The second-order valence-corrected chi connectivity index (χ2v) is 8.51. The highest BCUT2D eigenvalue weighted by atomic mass is 32.2. The number of esters is 1. The summed E-state index contributed by atoms with van der Waals surface area (Å²) in [5.74, 6) is 0.485. The summed E-state index contributed by atoms with van der Waals surface area (Å²) in [6.45, 7) is 7.93. The molecule has 0 fully saturated rings. The van der Waals surface area contributed by atoms with Crippen LogP contribution in [0.4, 0.5) is 0 Å². The van der Waals surface area contributed by atoms with E-state index in [1.54, 1.807) is 18.7 Å². The minimum atomic E-state index is -0.582. The molecule has 0 bridgehead atoms. The monoisotopic (exact) mass is 467 g/mol. The minimum absolute atomic E-state index is 0.319. The molecule has 2 aromatic carbocycles. The second kappa shape index (κ2) is 12.5. The lowest BCUT2D eigenvalue weighted by molar-refractivity contribution is -0.156. The molecule has 0 radical (unpaired) electrons. The number of rotatable bonds is 12. The van der Waals surface area contributed by atoms with Gasteiger partial charge in [0, 0.05) is 29.3 Å². The highest BCUT2D eigenvalue weighted by molar-refractivity contribution is 7.98. The van der Waals surface area contributed by atoms with Crippen LogP contribution in [-0.4, -0.2) is 42.7 Å². The van der Waals surface area contributed by atoms with E-state index in [2.05, 4.69) is 54.1 Å². The van der Waals surface area contributed by atoms with E-state index in [-0.39, 0.29) is 5.97 Å². The standard InChI is InChI=1S/C27H33NO4S/c1-5-30-26(27(29)31-6-2)19-21-8-12-23(13-9-21)32-18-17-28-20(3)7-16-25(28)22-10-14-24(33-4)15-11-22/h7-16,26H,5-6,17-19H2,1-4H3. The first-order valence-electron chi connectivity index (χ1n) is 11.4. The van der Waals surface area contributed by atoms with Gasteiger partial charge in [-0.1, -0.05) is 24.3 Å². The average Bonchev–Trinajstić information content (AvgIpc) is 3.20. The number of hydrogen-bond donors (Lipinski definition) is 0. The fourth-order valence-electron chi connectivity index (χ4n) is 3.72. The highest BCUT2D eigenvalue weighted by Crippen LogP contribution is 2.25. The lowest BCUT2D eigenvalue weighted by Gasteiger charge is -2.16. The van der Waals surface area contributed by atoms with Crippen LogP contribution in [0.5, 0.6) is 5.75 Å². The van der Waals surface area contributed by atoms with Crippen LogP contribution in [0, 0.1) is 6.92 Å². The summed E-state index contributed by atoms with van der Waals surface area (Å²) in [6.07, 6.45) is 1.99. The van der Waals surface area contributed by atoms with Gasteiger partial charge in [-0.05, 0) is 74.6 Å². The predicted molar refractivity (Wildman–Crippen MR) is 134 cm³/mol. The molecule has 3 aromatic rings. The van der Waals surface area contributed by atoms with Gasteiger partial charge in [-0.2, -0.15) is 0 Å². The van der Waals surface area contributed by atoms with Crippen LogP contribution in [0.15, 0.2) is 65.6 Å². The fourth-order valence-corrected chi connectivity index (χ4v) is 4.13. The number of carbonyl (C=O) groups is 1. The summed E-state index contributed by atoms with van der Waals surface area (Å²) >= 11 is 1.75. The van der Waals surface area contributed by atoms with Crippen molar-refractivity contribution in [3.63, 3.8) is 0 Å². The zero-order valence-electron chi connectivity index (χ0n) is 19.9. The lowest BCUT2D eigenvalue weighted by atomic mass is 10.1. The summed E-state index contributed by atoms with van der Waals surface area (Å²) < 4.78 is 19.0. The molecule has 3 rings (SSSR count). The molecular formula is C27H33NO4S. The summed E-state index contributed by atoms with van der Waals surface area (Å²) in [7, 11) is 0. The number of thioether (sulfide) groups is 1. The van der Waals surface area contributed by atoms with E-state index in [0.717, 1.165) is 17.9 Å². The van der Waals surface area contributed by atoms with Crippen molar-refractivity contribution in [1.29, 1.82) is 0 Å². The third-order valence-corrected chi connectivity index (χ3v) is 6.17. The predicted octanol–water partition coefficient (Wildman–Crippen LogP) is 5.78. The highest BCUT2D eigenvalue weighted by Gasteiger charge is 2.20. The maximum Gasteiger partial charge on any atom is 0.335 e. The molecule has 0 aliphatic carbocycles. The first-order chi connectivity index (χ1) is 16.0. The van der Waals surface area contributed by atoms with E-state index in [0.29, 0.717) is 26.2 Å². The molecule has 176 valence electrons. The molecule has 0 spiro atoms. The topological polar surface area (TPSA) is 49.7 Å². The van der Waals surface area contributed by atoms with Gasteiger partial charge in [0.2, 0.25) is 0 Å². The molecule has 0 saturated carbocycles. The molecule has 1 unspecified atom stereocenters. The Kier molecular flexibility index (Phi) is 9.46. The van der Waals surface area contributed by atoms with Crippen LogP contribution in [0.3, 0.4) is 0 Å². The largest absolute Gasteiger partial charge is 0.492 e. The number of benzene rings is 2. The number of hydrogen-bond acceptors (Lipinski definition) is 5. The van der Waals surface area contributed by atoms with Crippen molar-refractivity contribution in [3.05, 3.63) is 71.9 Å². The molecule has 0 aliphatic rings. The molecule has 5 nitrogen and oxygen atoms in total. The normalized spacial score (nSPS) is 11.9. The minimum Gasteiger partial charge on any atom is -0.492 e. The smallest absolute Gasteiger partial charge is 0.335 e. The SMILES string of the molecule is CCOC(=O)C(Cc1ccc(OCCn2c(C)ccc2-c2ccc(SC)cc2)cc1)OCC. The Morgan fingerprint density at radius 3 is 2.33 bits per heavy atom. The van der Waals surface area contributed by atoms with Gasteiger partial charge in [0.25, 0.3) is 0 Å². The van der Waals surface area contributed by atoms with Crippen LogP contribution >= 0.6 is 11.8 Å². The van der Waals surface area contributed by atoms with E-state index in [1.807, 2.05) is 31.2 Å². The van der Waals surface area contributed by atoms with E-state index >= 15 is 0 Å². The average molecular weight is 468 g/mol. The molecule has 0 saturated heterocycles. The van der Waals surface area contributed by atoms with Crippen LogP contribution in [-0.2, 0) is 27.2 Å². The van der Waals surface area contributed by atoms with E-state index in [4.69, 9.17) is 14.2 Å². The fraction of sp³-hybridized carbons (Fsp3) is 0.370. The van der Waals surface area contributed by atoms with Crippen LogP contribution in [0.1, 0.15) is 25.1 Å². The Morgan fingerprint density at radius 2 is 1.70 bits per heavy atom. The number of nitrogens with zero attached hydrogens (tertiary/aromatic N) is 1. The van der Waals surface area contributed by atoms with Crippen molar-refractivity contribution < 1.29 is 19.0 Å². The molecule has 0 aliphatic heterocycles. The van der Waals surface area contributed by atoms with Gasteiger partial charge in [-0.15, -0.1) is 11.8 Å². The Balaban J connectivity index is 1.58. The quantitative estimate of drug-likeness (QED) is 0.250. The second-order valence-electron chi connectivity index (χ2n) is 7.63. The summed E-state index contributed by atoms with van der Waals surface area (Å²) in [5, 5.41) is 0. The summed E-state index contributed by atoms with van der Waals surface area (Å²) in [5.41, 5.74) is 4.61. The third-order valence-electron chi connectivity index (χ3n) is 5.43. The van der Waals surface area contributed by atoms with Gasteiger partial charge in [0.05, 0.1) is 13.2 Å². The van der Waals surface area contributed by atoms with E-state index in [9.17, 15) is 4.79 Å². The van der Waals surface area contributed by atoms with Crippen molar-refractivity contribution >= 4 is 17.7 Å². The van der Waals surface area contributed by atoms with Gasteiger partial charge >= 0.3 is 5.97 Å². The third kappa shape index (κ3) is 6.89. The van der Waals surface area contributed by atoms with Crippen molar-refractivity contribution in [1.82, 2.24) is 4.57 Å². The Morgan fingerprint density at radius 1 is 0.970 bits per heavy atom. The van der Waals surface area contributed by atoms with Gasteiger partial charge < -0.3 is 18.8 Å². The maximum absolute atomic E-state index is 12.1. The lowest BCUT2D eigenvalue weighted by Crippen LogP contribution is -2.28. The van der Waals surface area contributed by atoms with Crippen molar-refractivity contribution in [2.75, 3.05) is 26.1 Å². The first kappa shape index (κ1) is 24.9. The van der Waals surface area contributed by atoms with Crippen LogP contribution in [0.2, 0.25) is 0 Å². The number of aryl methyl sites for hydroxylation is 1. The summed E-state index contributed by atoms with van der Waals surface area (Å²) in [6, 6.07) is 20.8. The van der Waals surface area contributed by atoms with Gasteiger partial charge in [0.15, 0.2) is 6.10 Å². The summed E-state index contributed by atoms with van der Waals surface area (Å²) in [4.78, 5) is 13.3. The molecule has 0 N–H and O–H groups in total. The van der Waals surface area contributed by atoms with Crippen molar-refractivity contribution in [2.45, 2.75) is 44.7 Å². The molecule has 1 aromatic heterocycles. The zero-order chi connectivity index (χ0) is 23.6. The van der Waals surface area contributed by atoms with E-state index < -0.39 is 6.10 Å². The first-order valence-corrected chi connectivity index (χ1v) is 12.6. The van der Waals surface area contributed by atoms with Crippen LogP contribution in [0.25, 0.3) is 11.3 Å². The van der Waals surface area contributed by atoms with Gasteiger partial charge in [0.1, 0.15) is 12.4 Å². The molecule has 1 heterocycles. The van der Waals surface area contributed by atoms with E-state index in [1.165, 1.54) is 21.8 Å². The Labute approximate surface area is 201 Å². The molecule has 33 heavy (non-hydrogen) atoms. The van der Waals surface area contributed by atoms with Crippen molar-refractivity contribution in [2.24, 2.45) is 0 Å². The molecular weight excluding hydrogens is 434 g/mol. The molecule has 6 heteroatoms. The molecule has 0 amide bonds.